The molecule has 3 aromatic rings. The number of benzene rings is 2. The molecule has 0 aliphatic carbocycles. The molecule has 1 aliphatic rings. The highest BCUT2D eigenvalue weighted by atomic mass is 19.4. The van der Waals surface area contributed by atoms with E-state index in [1.807, 2.05) is 6.92 Å². The van der Waals surface area contributed by atoms with Crippen molar-refractivity contribution in [2.45, 2.75) is 32.4 Å². The minimum atomic E-state index is -4.54. The quantitative estimate of drug-likeness (QED) is 0.297. The van der Waals surface area contributed by atoms with Gasteiger partial charge >= 0.3 is 12.3 Å². The lowest BCUT2D eigenvalue weighted by Gasteiger charge is -2.27. The molecule has 0 radical (unpaired) electrons. The van der Waals surface area contributed by atoms with Crippen molar-refractivity contribution in [1.29, 1.82) is 0 Å². The van der Waals surface area contributed by atoms with Crippen molar-refractivity contribution >= 4 is 17.5 Å². The lowest BCUT2D eigenvalue weighted by atomic mass is 9.89. The highest BCUT2D eigenvalue weighted by molar-refractivity contribution is 5.84. The number of amides is 1. The number of aromatic nitrogens is 2. The van der Waals surface area contributed by atoms with Crippen LogP contribution in [0, 0.1) is 5.82 Å². The third-order valence-corrected chi connectivity index (χ3v) is 6.11. The first-order valence-corrected chi connectivity index (χ1v) is 11.9. The molecule has 0 fully saturated rings. The number of rotatable bonds is 6. The third kappa shape index (κ3) is 6.07. The highest BCUT2D eigenvalue weighted by Gasteiger charge is 2.32. The average Bonchev–Trinajstić information content (AvgIpc) is 2.88. The van der Waals surface area contributed by atoms with Gasteiger partial charge in [-0.2, -0.15) is 13.2 Å². The number of nitrogens with two attached hydrogens (primary N) is 1. The Morgan fingerprint density at radius 1 is 1.08 bits per heavy atom. The van der Waals surface area contributed by atoms with Crippen LogP contribution in [0.25, 0.3) is 28.0 Å². The van der Waals surface area contributed by atoms with E-state index in [0.29, 0.717) is 41.8 Å². The molecule has 6 nitrogen and oxygen atoms in total. The maximum Gasteiger partial charge on any atom is 0.416 e. The fourth-order valence-electron chi connectivity index (χ4n) is 4.08. The van der Waals surface area contributed by atoms with Crippen LogP contribution in [-0.2, 0) is 10.9 Å². The standard InChI is InChI=1S/C27H26F4N4O2/c1-2-3-12-37-26(36)35-10-8-17(9-11-35)22-14-19(27(29,30)31)5-7-20(22)18-4-6-21(23(28)13-18)24-15-34-25(32)16-33-24/h4-8,13-16H,2-3,9-12H2,1H3,(H2,32,34). The van der Waals surface area contributed by atoms with Crippen molar-refractivity contribution in [3.63, 3.8) is 0 Å². The molecule has 10 heteroatoms. The van der Waals surface area contributed by atoms with E-state index in [0.717, 1.165) is 25.0 Å². The average molecular weight is 515 g/mol. The summed E-state index contributed by atoms with van der Waals surface area (Å²) in [6.45, 7) is 2.82. The summed E-state index contributed by atoms with van der Waals surface area (Å²) in [5.74, 6) is -0.398. The summed E-state index contributed by atoms with van der Waals surface area (Å²) in [5.41, 5.74) is 7.07. The molecule has 1 aromatic heterocycles. The first kappa shape index (κ1) is 26.1. The van der Waals surface area contributed by atoms with Crippen molar-refractivity contribution < 1.29 is 27.1 Å². The number of nitrogen functional groups attached to an aromatic ring is 1. The fraction of sp³-hybridized carbons (Fsp3) is 0.296. The van der Waals surface area contributed by atoms with E-state index in [4.69, 9.17) is 10.5 Å². The normalized spacial score (nSPS) is 13.9. The van der Waals surface area contributed by atoms with E-state index < -0.39 is 23.7 Å². The van der Waals surface area contributed by atoms with Gasteiger partial charge in [-0.05, 0) is 59.4 Å². The lowest BCUT2D eigenvalue weighted by molar-refractivity contribution is -0.137. The first-order chi connectivity index (χ1) is 17.7. The van der Waals surface area contributed by atoms with Crippen molar-refractivity contribution in [3.8, 4) is 22.4 Å². The Kier molecular flexibility index (Phi) is 7.75. The van der Waals surface area contributed by atoms with Crippen LogP contribution in [0.4, 0.5) is 28.2 Å². The molecular weight excluding hydrogens is 488 g/mol. The van der Waals surface area contributed by atoms with Crippen molar-refractivity contribution in [3.05, 3.63) is 71.8 Å². The van der Waals surface area contributed by atoms with Gasteiger partial charge in [-0.15, -0.1) is 0 Å². The van der Waals surface area contributed by atoms with E-state index >= 15 is 4.39 Å². The van der Waals surface area contributed by atoms with Gasteiger partial charge in [-0.3, -0.25) is 4.98 Å². The summed E-state index contributed by atoms with van der Waals surface area (Å²) in [6, 6.07) is 7.81. The maximum atomic E-state index is 15.1. The second-order valence-corrected chi connectivity index (χ2v) is 8.67. The van der Waals surface area contributed by atoms with Gasteiger partial charge in [0.1, 0.15) is 11.6 Å². The molecule has 194 valence electrons. The molecule has 0 bridgehead atoms. The smallest absolute Gasteiger partial charge is 0.416 e. The van der Waals surface area contributed by atoms with Crippen LogP contribution < -0.4 is 5.73 Å². The van der Waals surface area contributed by atoms with Crippen LogP contribution >= 0.6 is 0 Å². The Bertz CT molecular complexity index is 1310. The molecule has 0 spiro atoms. The molecule has 1 amide bonds. The number of alkyl halides is 3. The van der Waals surface area contributed by atoms with Crippen LogP contribution in [0.1, 0.15) is 37.3 Å². The van der Waals surface area contributed by atoms with Crippen molar-refractivity contribution in [1.82, 2.24) is 14.9 Å². The van der Waals surface area contributed by atoms with E-state index in [2.05, 4.69) is 9.97 Å². The Balaban J connectivity index is 1.67. The summed E-state index contributed by atoms with van der Waals surface area (Å²) in [4.78, 5) is 21.8. The van der Waals surface area contributed by atoms with Gasteiger partial charge in [-0.25, -0.2) is 14.2 Å². The Morgan fingerprint density at radius 2 is 1.86 bits per heavy atom. The number of nitrogens with zero attached hydrogens (tertiary/aromatic N) is 3. The highest BCUT2D eigenvalue weighted by Crippen LogP contribution is 2.38. The molecule has 0 saturated heterocycles. The molecule has 1 aliphatic heterocycles. The van der Waals surface area contributed by atoms with Gasteiger partial charge in [0.15, 0.2) is 0 Å². The van der Waals surface area contributed by atoms with Crippen LogP contribution in [0.15, 0.2) is 54.9 Å². The Hall–Kier alpha value is -3.95. The van der Waals surface area contributed by atoms with Gasteiger partial charge in [-0.1, -0.05) is 31.6 Å². The number of ether oxygens (including phenoxy) is 1. The Morgan fingerprint density at radius 3 is 2.49 bits per heavy atom. The zero-order valence-corrected chi connectivity index (χ0v) is 20.2. The number of carbonyl (C=O) groups is 1. The molecule has 4 rings (SSSR count). The van der Waals surface area contributed by atoms with Crippen LogP contribution in [0.5, 0.6) is 0 Å². The van der Waals surface area contributed by atoms with Crippen LogP contribution in [-0.4, -0.2) is 40.7 Å². The van der Waals surface area contributed by atoms with Gasteiger partial charge in [0, 0.05) is 18.7 Å². The lowest BCUT2D eigenvalue weighted by Crippen LogP contribution is -2.35. The number of hydrogen-bond acceptors (Lipinski definition) is 5. The number of hydrogen-bond donors (Lipinski definition) is 1. The SMILES string of the molecule is CCCCOC(=O)N1CC=C(c2cc(C(F)(F)F)ccc2-c2ccc(-c3cnc(N)cn3)c(F)c2)CC1. The summed E-state index contributed by atoms with van der Waals surface area (Å²) in [5, 5.41) is 0. The first-order valence-electron chi connectivity index (χ1n) is 11.9. The zero-order valence-electron chi connectivity index (χ0n) is 20.2. The van der Waals surface area contributed by atoms with E-state index in [1.54, 1.807) is 12.1 Å². The van der Waals surface area contributed by atoms with Crippen molar-refractivity contribution in [2.24, 2.45) is 0 Å². The largest absolute Gasteiger partial charge is 0.449 e. The van der Waals surface area contributed by atoms with Gasteiger partial charge in [0.25, 0.3) is 0 Å². The monoisotopic (exact) mass is 514 g/mol. The van der Waals surface area contributed by atoms with Crippen LogP contribution in [0.2, 0.25) is 0 Å². The summed E-state index contributed by atoms with van der Waals surface area (Å²) >= 11 is 0. The van der Waals surface area contributed by atoms with Gasteiger partial charge in [0.2, 0.25) is 0 Å². The summed E-state index contributed by atoms with van der Waals surface area (Å²) in [6.07, 6.45) is 1.38. The van der Waals surface area contributed by atoms with E-state index in [1.165, 1.54) is 35.5 Å². The minimum absolute atomic E-state index is 0.193. The maximum absolute atomic E-state index is 15.1. The molecule has 2 aromatic carbocycles. The third-order valence-electron chi connectivity index (χ3n) is 6.11. The number of carbonyl (C=O) groups excluding carboxylic acids is 1. The number of anilines is 1. The predicted octanol–water partition coefficient (Wildman–Crippen LogP) is 6.58. The van der Waals surface area contributed by atoms with E-state index in [9.17, 15) is 18.0 Å². The summed E-state index contributed by atoms with van der Waals surface area (Å²) < 4.78 is 61.0. The topological polar surface area (TPSA) is 81.3 Å². The molecule has 0 atom stereocenters. The number of unbranched alkanes of at least 4 members (excludes halogenated alkanes) is 1. The molecule has 2 N–H and O–H groups in total. The predicted molar refractivity (Wildman–Crippen MR) is 133 cm³/mol. The van der Waals surface area contributed by atoms with Gasteiger partial charge in [0.05, 0.1) is 30.3 Å². The molecular formula is C27H26F4N4O2. The van der Waals surface area contributed by atoms with Gasteiger partial charge < -0.3 is 15.4 Å². The van der Waals surface area contributed by atoms with Crippen molar-refractivity contribution in [2.75, 3.05) is 25.4 Å². The second-order valence-electron chi connectivity index (χ2n) is 8.67. The second kappa shape index (κ2) is 11.0. The Labute approximate surface area is 211 Å². The molecule has 2 heterocycles. The molecule has 0 unspecified atom stereocenters. The summed E-state index contributed by atoms with van der Waals surface area (Å²) in [7, 11) is 0. The van der Waals surface area contributed by atoms with Crippen LogP contribution in [0.3, 0.4) is 0 Å². The fourth-order valence-corrected chi connectivity index (χ4v) is 4.08. The number of halogens is 4. The molecule has 0 saturated carbocycles. The van der Waals surface area contributed by atoms with E-state index in [-0.39, 0.29) is 23.6 Å². The minimum Gasteiger partial charge on any atom is -0.449 e. The molecule has 37 heavy (non-hydrogen) atoms. The zero-order chi connectivity index (χ0) is 26.6.